The number of furan rings is 1. The van der Waals surface area contributed by atoms with Gasteiger partial charge < -0.3 is 18.3 Å². The lowest BCUT2D eigenvalue weighted by molar-refractivity contribution is 0.0666. The first-order chi connectivity index (χ1) is 14.9. The summed E-state index contributed by atoms with van der Waals surface area (Å²) in [6, 6.07) is 7.61. The Hall–Kier alpha value is -3.44. The number of hydrogen-bond donors (Lipinski definition) is 0. The van der Waals surface area contributed by atoms with Crippen LogP contribution in [0, 0.1) is 0 Å². The van der Waals surface area contributed by atoms with Gasteiger partial charge in [0.2, 0.25) is 10.0 Å². The van der Waals surface area contributed by atoms with Crippen molar-refractivity contribution in [1.82, 2.24) is 18.8 Å². The van der Waals surface area contributed by atoms with Crippen molar-refractivity contribution in [3.05, 3.63) is 59.1 Å². The normalized spacial score (nSPS) is 15.7. The van der Waals surface area contributed by atoms with Gasteiger partial charge in [-0.3, -0.25) is 4.79 Å². The summed E-state index contributed by atoms with van der Waals surface area (Å²) in [5.74, 6) is -0.0334. The maximum atomic E-state index is 13.3. The summed E-state index contributed by atoms with van der Waals surface area (Å²) >= 11 is 0. The van der Waals surface area contributed by atoms with Crippen LogP contribution in [0.4, 0.5) is 0 Å². The number of aromatic nitrogens is 2. The van der Waals surface area contributed by atoms with E-state index in [2.05, 4.69) is 4.98 Å². The van der Waals surface area contributed by atoms with Gasteiger partial charge in [-0.15, -0.1) is 0 Å². The molecule has 0 radical (unpaired) electrons. The van der Waals surface area contributed by atoms with Crippen LogP contribution in [-0.2, 0) is 17.1 Å². The number of sulfonamides is 1. The van der Waals surface area contributed by atoms with E-state index in [1.165, 1.54) is 35.1 Å². The van der Waals surface area contributed by atoms with Crippen molar-refractivity contribution in [2.24, 2.45) is 7.05 Å². The molecule has 0 N–H and O–H groups in total. The van der Waals surface area contributed by atoms with E-state index < -0.39 is 15.6 Å². The van der Waals surface area contributed by atoms with Gasteiger partial charge in [-0.2, -0.15) is 4.31 Å². The molecule has 0 unspecified atom stereocenters. The first kappa shape index (κ1) is 19.5. The van der Waals surface area contributed by atoms with Crippen LogP contribution in [0.25, 0.3) is 22.0 Å². The van der Waals surface area contributed by atoms with Gasteiger partial charge in [-0.05, 0) is 30.3 Å². The van der Waals surface area contributed by atoms with Gasteiger partial charge in [-0.25, -0.2) is 18.2 Å². The van der Waals surface area contributed by atoms with Crippen LogP contribution < -0.4 is 5.63 Å². The molecule has 31 heavy (non-hydrogen) atoms. The summed E-state index contributed by atoms with van der Waals surface area (Å²) in [4.78, 5) is 30.2. The minimum absolute atomic E-state index is 0.0853. The Labute approximate surface area is 176 Å². The van der Waals surface area contributed by atoms with Crippen molar-refractivity contribution in [3.8, 4) is 0 Å². The van der Waals surface area contributed by atoms with Crippen molar-refractivity contribution in [3.63, 3.8) is 0 Å². The molecule has 5 rings (SSSR count). The SMILES string of the molecule is Cn1cnc2c(=O)oc3ccc(S(=O)(=O)N4CCN(C(=O)c5ccco5)CC4)cc3c21. The third-order valence-electron chi connectivity index (χ3n) is 5.43. The fourth-order valence-corrected chi connectivity index (χ4v) is 5.27. The third kappa shape index (κ3) is 3.13. The smallest absolute Gasteiger partial charge is 0.364 e. The van der Waals surface area contributed by atoms with E-state index in [-0.39, 0.29) is 53.8 Å². The summed E-state index contributed by atoms with van der Waals surface area (Å²) < 4.78 is 39.9. The highest BCUT2D eigenvalue weighted by atomic mass is 32.2. The molecule has 11 heteroatoms. The predicted molar refractivity (Wildman–Crippen MR) is 110 cm³/mol. The second kappa shape index (κ2) is 7.06. The zero-order valence-corrected chi connectivity index (χ0v) is 17.3. The number of rotatable bonds is 3. The highest BCUT2D eigenvalue weighted by Crippen LogP contribution is 2.27. The quantitative estimate of drug-likeness (QED) is 0.440. The van der Waals surface area contributed by atoms with Crippen LogP contribution in [-0.4, -0.2) is 59.3 Å². The van der Waals surface area contributed by atoms with Crippen molar-refractivity contribution >= 4 is 37.9 Å². The summed E-state index contributed by atoms with van der Waals surface area (Å²) in [5.41, 5.74) is 0.372. The maximum absolute atomic E-state index is 13.3. The first-order valence-corrected chi connectivity index (χ1v) is 11.0. The fraction of sp³-hybridized carbons (Fsp3) is 0.250. The molecular formula is C20H18N4O6S. The monoisotopic (exact) mass is 442 g/mol. The molecule has 1 saturated heterocycles. The number of nitrogens with zero attached hydrogens (tertiary/aromatic N) is 4. The zero-order chi connectivity index (χ0) is 21.8. The molecule has 160 valence electrons. The van der Waals surface area contributed by atoms with Crippen LogP contribution >= 0.6 is 0 Å². The Kier molecular flexibility index (Phi) is 4.45. The van der Waals surface area contributed by atoms with Gasteiger partial charge in [-0.1, -0.05) is 0 Å². The van der Waals surface area contributed by atoms with Crippen molar-refractivity contribution in [2.45, 2.75) is 4.90 Å². The molecule has 1 aliphatic heterocycles. The number of hydrogen-bond acceptors (Lipinski definition) is 7. The van der Waals surface area contributed by atoms with E-state index in [1.54, 1.807) is 28.6 Å². The molecular weight excluding hydrogens is 424 g/mol. The van der Waals surface area contributed by atoms with Crippen LogP contribution in [0.3, 0.4) is 0 Å². The molecule has 0 spiro atoms. The number of carbonyl (C=O) groups is 1. The lowest BCUT2D eigenvalue weighted by Crippen LogP contribution is -2.50. The van der Waals surface area contributed by atoms with E-state index in [4.69, 9.17) is 8.83 Å². The number of aryl methyl sites for hydroxylation is 1. The molecule has 3 aromatic heterocycles. The number of fused-ring (bicyclic) bond motifs is 3. The molecule has 10 nitrogen and oxygen atoms in total. The van der Waals surface area contributed by atoms with E-state index in [0.717, 1.165) is 0 Å². The van der Waals surface area contributed by atoms with Gasteiger partial charge in [0.05, 0.1) is 23.0 Å². The first-order valence-electron chi connectivity index (χ1n) is 9.57. The van der Waals surface area contributed by atoms with Crippen LogP contribution in [0.2, 0.25) is 0 Å². The second-order valence-electron chi connectivity index (χ2n) is 7.27. The van der Waals surface area contributed by atoms with Gasteiger partial charge >= 0.3 is 5.63 Å². The minimum Gasteiger partial charge on any atom is -0.459 e. The number of benzene rings is 1. The van der Waals surface area contributed by atoms with E-state index >= 15 is 0 Å². The fourth-order valence-electron chi connectivity index (χ4n) is 3.83. The molecule has 0 atom stereocenters. The number of imidazole rings is 1. The molecule has 0 aliphatic carbocycles. The maximum Gasteiger partial charge on any atom is 0.364 e. The Balaban J connectivity index is 1.45. The summed E-state index contributed by atoms with van der Waals surface area (Å²) in [7, 11) is -2.08. The average Bonchev–Trinajstić information content (AvgIpc) is 3.44. The third-order valence-corrected chi connectivity index (χ3v) is 7.33. The van der Waals surface area contributed by atoms with Gasteiger partial charge in [0, 0.05) is 38.6 Å². The van der Waals surface area contributed by atoms with Gasteiger partial charge in [0.1, 0.15) is 5.58 Å². The van der Waals surface area contributed by atoms with Crippen LogP contribution in [0.15, 0.2) is 61.4 Å². The standard InChI is InChI=1S/C20H18N4O6S/c1-22-12-21-17-18(22)14-11-13(4-5-15(14)30-20(17)26)31(27,28)24-8-6-23(7-9-24)19(25)16-3-2-10-29-16/h2-5,10-12H,6-9H2,1H3. The lowest BCUT2D eigenvalue weighted by Gasteiger charge is -2.33. The number of piperazine rings is 1. The molecule has 0 bridgehead atoms. The van der Waals surface area contributed by atoms with E-state index in [1.807, 2.05) is 0 Å². The van der Waals surface area contributed by atoms with Crippen LogP contribution in [0.1, 0.15) is 10.6 Å². The minimum atomic E-state index is -3.81. The summed E-state index contributed by atoms with van der Waals surface area (Å²) in [6.07, 6.45) is 2.91. The highest BCUT2D eigenvalue weighted by Gasteiger charge is 2.31. The zero-order valence-electron chi connectivity index (χ0n) is 16.5. The Bertz CT molecular complexity index is 1460. The molecule has 4 heterocycles. The largest absolute Gasteiger partial charge is 0.459 e. The molecule has 0 saturated carbocycles. The number of carbonyl (C=O) groups excluding carboxylic acids is 1. The van der Waals surface area contributed by atoms with Crippen molar-refractivity contribution in [1.29, 1.82) is 0 Å². The van der Waals surface area contributed by atoms with Gasteiger partial charge in [0.25, 0.3) is 5.91 Å². The molecule has 1 fully saturated rings. The predicted octanol–water partition coefficient (Wildman–Crippen LogP) is 1.42. The lowest BCUT2D eigenvalue weighted by atomic mass is 10.2. The molecule has 4 aromatic rings. The summed E-state index contributed by atoms with van der Waals surface area (Å²) in [6.45, 7) is 0.843. The molecule has 1 aromatic carbocycles. The van der Waals surface area contributed by atoms with E-state index in [9.17, 15) is 18.0 Å². The van der Waals surface area contributed by atoms with Crippen LogP contribution in [0.5, 0.6) is 0 Å². The topological polar surface area (TPSA) is 119 Å². The molecule has 1 aliphatic rings. The second-order valence-corrected chi connectivity index (χ2v) is 9.21. The van der Waals surface area contributed by atoms with Crippen molar-refractivity contribution in [2.75, 3.05) is 26.2 Å². The average molecular weight is 442 g/mol. The van der Waals surface area contributed by atoms with E-state index in [0.29, 0.717) is 10.9 Å². The Morgan fingerprint density at radius 1 is 1.13 bits per heavy atom. The summed E-state index contributed by atoms with van der Waals surface area (Å²) in [5, 5.41) is 0.488. The van der Waals surface area contributed by atoms with Gasteiger partial charge in [0.15, 0.2) is 11.3 Å². The number of amides is 1. The highest BCUT2D eigenvalue weighted by molar-refractivity contribution is 7.89. The Morgan fingerprint density at radius 2 is 1.90 bits per heavy atom. The molecule has 1 amide bonds. The Morgan fingerprint density at radius 3 is 2.61 bits per heavy atom. The van der Waals surface area contributed by atoms with Crippen molar-refractivity contribution < 1.29 is 22.0 Å².